The number of hydrogen-bond acceptors (Lipinski definition) is 3. The summed E-state index contributed by atoms with van der Waals surface area (Å²) in [6.45, 7) is 3.12. The van der Waals surface area contributed by atoms with E-state index >= 15 is 0 Å². The molecule has 3 rings (SSSR count). The first-order valence-corrected chi connectivity index (χ1v) is 6.76. The van der Waals surface area contributed by atoms with Gasteiger partial charge in [0, 0.05) is 22.0 Å². The van der Waals surface area contributed by atoms with Gasteiger partial charge in [-0.15, -0.1) is 0 Å². The van der Waals surface area contributed by atoms with Crippen molar-refractivity contribution in [2.24, 2.45) is 5.73 Å². The first-order chi connectivity index (χ1) is 8.18. The predicted molar refractivity (Wildman–Crippen MR) is 69.6 cm³/mol. The molecule has 0 bridgehead atoms. The van der Waals surface area contributed by atoms with Gasteiger partial charge in [-0.3, -0.25) is 0 Å². The lowest BCUT2D eigenvalue weighted by atomic mass is 9.63. The van der Waals surface area contributed by atoms with Crippen LogP contribution in [-0.4, -0.2) is 13.3 Å². The van der Waals surface area contributed by atoms with Gasteiger partial charge in [0.1, 0.15) is 0 Å². The van der Waals surface area contributed by atoms with Gasteiger partial charge in [0.05, 0.1) is 0 Å². The smallest absolute Gasteiger partial charge is 0.231 e. The zero-order valence-electron chi connectivity index (χ0n) is 9.88. The molecule has 4 heteroatoms. The standard InChI is InChI=1S/C13H16BrNO2/c1-8-9(14)5-10-12(17-7-16-10)11(8)13(6-15)3-2-4-13/h5H,2-4,6-7,15H2,1H3. The fraction of sp³-hybridized carbons (Fsp3) is 0.538. The first-order valence-electron chi connectivity index (χ1n) is 5.97. The SMILES string of the molecule is Cc1c(Br)cc2c(c1C1(CN)CCC1)OCO2. The summed E-state index contributed by atoms with van der Waals surface area (Å²) in [5, 5.41) is 0. The van der Waals surface area contributed by atoms with E-state index < -0.39 is 0 Å². The van der Waals surface area contributed by atoms with Crippen LogP contribution in [0.1, 0.15) is 30.4 Å². The van der Waals surface area contributed by atoms with Gasteiger partial charge < -0.3 is 15.2 Å². The lowest BCUT2D eigenvalue weighted by Gasteiger charge is -2.43. The lowest BCUT2D eigenvalue weighted by Crippen LogP contribution is -2.42. The van der Waals surface area contributed by atoms with E-state index in [1.165, 1.54) is 17.5 Å². The second-order valence-corrected chi connectivity index (χ2v) is 5.78. The summed E-state index contributed by atoms with van der Waals surface area (Å²) in [4.78, 5) is 0. The third-order valence-corrected chi connectivity index (χ3v) is 4.92. The molecule has 1 aliphatic heterocycles. The van der Waals surface area contributed by atoms with Gasteiger partial charge in [-0.2, -0.15) is 0 Å². The Morgan fingerprint density at radius 2 is 2.18 bits per heavy atom. The van der Waals surface area contributed by atoms with Gasteiger partial charge >= 0.3 is 0 Å². The molecule has 17 heavy (non-hydrogen) atoms. The fourth-order valence-electron chi connectivity index (χ4n) is 2.90. The lowest BCUT2D eigenvalue weighted by molar-refractivity contribution is 0.168. The average Bonchev–Trinajstić information content (AvgIpc) is 2.69. The van der Waals surface area contributed by atoms with Crippen LogP contribution in [0.2, 0.25) is 0 Å². The van der Waals surface area contributed by atoms with Crippen molar-refractivity contribution in [2.75, 3.05) is 13.3 Å². The number of ether oxygens (including phenoxy) is 2. The zero-order chi connectivity index (χ0) is 12.0. The first kappa shape index (κ1) is 11.4. The number of hydrogen-bond donors (Lipinski definition) is 1. The quantitative estimate of drug-likeness (QED) is 0.913. The molecule has 2 aliphatic rings. The van der Waals surface area contributed by atoms with Crippen molar-refractivity contribution in [3.05, 3.63) is 21.7 Å². The highest BCUT2D eigenvalue weighted by Gasteiger charge is 2.42. The van der Waals surface area contributed by atoms with E-state index in [1.54, 1.807) is 0 Å². The van der Waals surface area contributed by atoms with Crippen LogP contribution in [-0.2, 0) is 5.41 Å². The molecule has 0 unspecified atom stereocenters. The molecular formula is C13H16BrNO2. The van der Waals surface area contributed by atoms with Crippen LogP contribution in [0, 0.1) is 6.92 Å². The second kappa shape index (κ2) is 3.89. The number of rotatable bonds is 2. The minimum atomic E-state index is 0.103. The highest BCUT2D eigenvalue weighted by Crippen LogP contribution is 2.53. The maximum Gasteiger partial charge on any atom is 0.231 e. The number of nitrogens with two attached hydrogens (primary N) is 1. The Bertz CT molecular complexity index is 463. The topological polar surface area (TPSA) is 44.5 Å². The summed E-state index contributed by atoms with van der Waals surface area (Å²) in [6.07, 6.45) is 3.55. The Balaban J connectivity index is 2.21. The van der Waals surface area contributed by atoms with E-state index in [0.717, 1.165) is 28.8 Å². The molecule has 1 aliphatic carbocycles. The predicted octanol–water partition coefficient (Wildman–Crippen LogP) is 2.87. The molecule has 1 aromatic carbocycles. The van der Waals surface area contributed by atoms with Gasteiger partial charge in [0.15, 0.2) is 11.5 Å². The van der Waals surface area contributed by atoms with Crippen LogP contribution in [0.25, 0.3) is 0 Å². The Kier molecular flexibility index (Phi) is 2.60. The molecule has 0 amide bonds. The Labute approximate surface area is 109 Å². The average molecular weight is 298 g/mol. The van der Waals surface area contributed by atoms with E-state index in [-0.39, 0.29) is 5.41 Å². The molecule has 0 radical (unpaired) electrons. The van der Waals surface area contributed by atoms with Crippen molar-refractivity contribution in [1.82, 2.24) is 0 Å². The maximum atomic E-state index is 6.00. The van der Waals surface area contributed by atoms with Gasteiger partial charge in [0.25, 0.3) is 0 Å². The Morgan fingerprint density at radius 3 is 2.76 bits per heavy atom. The van der Waals surface area contributed by atoms with Gasteiger partial charge in [-0.05, 0) is 31.4 Å². The fourth-order valence-corrected chi connectivity index (χ4v) is 3.31. The third-order valence-electron chi connectivity index (χ3n) is 4.09. The van der Waals surface area contributed by atoms with E-state index in [0.29, 0.717) is 13.3 Å². The molecule has 2 N–H and O–H groups in total. The molecule has 0 saturated heterocycles. The van der Waals surface area contributed by atoms with Crippen LogP contribution in [0.3, 0.4) is 0 Å². The monoisotopic (exact) mass is 297 g/mol. The molecule has 0 spiro atoms. The summed E-state index contributed by atoms with van der Waals surface area (Å²) in [5.74, 6) is 1.76. The van der Waals surface area contributed by atoms with Crippen molar-refractivity contribution in [3.8, 4) is 11.5 Å². The van der Waals surface area contributed by atoms with Gasteiger partial charge in [-0.1, -0.05) is 22.4 Å². The molecule has 0 atom stereocenters. The Morgan fingerprint density at radius 1 is 1.41 bits per heavy atom. The summed E-state index contributed by atoms with van der Waals surface area (Å²) < 4.78 is 12.2. The number of benzene rings is 1. The van der Waals surface area contributed by atoms with Crippen LogP contribution < -0.4 is 15.2 Å². The van der Waals surface area contributed by atoms with Crippen LogP contribution in [0.4, 0.5) is 0 Å². The van der Waals surface area contributed by atoms with Crippen molar-refractivity contribution in [2.45, 2.75) is 31.6 Å². The minimum Gasteiger partial charge on any atom is -0.454 e. The molecule has 0 aromatic heterocycles. The van der Waals surface area contributed by atoms with Crippen molar-refractivity contribution >= 4 is 15.9 Å². The van der Waals surface area contributed by atoms with E-state index in [9.17, 15) is 0 Å². The summed E-state index contributed by atoms with van der Waals surface area (Å²) in [6, 6.07) is 1.99. The molecule has 1 heterocycles. The van der Waals surface area contributed by atoms with E-state index in [4.69, 9.17) is 15.2 Å². The van der Waals surface area contributed by atoms with E-state index in [1.807, 2.05) is 6.07 Å². The molecule has 1 fully saturated rings. The third kappa shape index (κ3) is 1.50. The summed E-state index contributed by atoms with van der Waals surface area (Å²) >= 11 is 3.60. The van der Waals surface area contributed by atoms with Crippen molar-refractivity contribution in [1.29, 1.82) is 0 Å². The molecular weight excluding hydrogens is 282 g/mol. The molecule has 3 nitrogen and oxygen atoms in total. The van der Waals surface area contributed by atoms with Crippen LogP contribution >= 0.6 is 15.9 Å². The van der Waals surface area contributed by atoms with Crippen molar-refractivity contribution in [3.63, 3.8) is 0 Å². The summed E-state index contributed by atoms with van der Waals surface area (Å²) in [5.41, 5.74) is 8.60. The maximum absolute atomic E-state index is 6.00. The van der Waals surface area contributed by atoms with Gasteiger partial charge in [-0.25, -0.2) is 0 Å². The molecule has 1 saturated carbocycles. The highest BCUT2D eigenvalue weighted by molar-refractivity contribution is 9.10. The normalized spacial score (nSPS) is 20.2. The second-order valence-electron chi connectivity index (χ2n) is 4.93. The van der Waals surface area contributed by atoms with Crippen LogP contribution in [0.15, 0.2) is 10.5 Å². The van der Waals surface area contributed by atoms with Crippen LogP contribution in [0.5, 0.6) is 11.5 Å². The van der Waals surface area contributed by atoms with Crippen molar-refractivity contribution < 1.29 is 9.47 Å². The highest BCUT2D eigenvalue weighted by atomic mass is 79.9. The number of halogens is 1. The Hall–Kier alpha value is -0.740. The zero-order valence-corrected chi connectivity index (χ0v) is 11.5. The largest absolute Gasteiger partial charge is 0.454 e. The number of fused-ring (bicyclic) bond motifs is 1. The summed E-state index contributed by atoms with van der Waals surface area (Å²) in [7, 11) is 0. The molecule has 1 aromatic rings. The van der Waals surface area contributed by atoms with E-state index in [2.05, 4.69) is 22.9 Å². The van der Waals surface area contributed by atoms with Gasteiger partial charge in [0.2, 0.25) is 6.79 Å². The molecule has 92 valence electrons. The minimum absolute atomic E-state index is 0.103.